The van der Waals surface area contributed by atoms with Crippen molar-refractivity contribution in [3.05, 3.63) is 53.9 Å². The predicted molar refractivity (Wildman–Crippen MR) is 96.1 cm³/mol. The third-order valence-electron chi connectivity index (χ3n) is 5.34. The number of aromatic nitrogens is 1. The zero-order valence-corrected chi connectivity index (χ0v) is 14.4. The number of nitrogens with one attached hydrogen (secondary N) is 2. The predicted octanol–water partition coefficient (Wildman–Crippen LogP) is 3.59. The van der Waals surface area contributed by atoms with Crippen molar-refractivity contribution < 1.29 is 9.59 Å². The first-order valence-corrected chi connectivity index (χ1v) is 8.98. The molecule has 1 saturated carbocycles. The number of hydrogen-bond donors (Lipinski definition) is 2. The summed E-state index contributed by atoms with van der Waals surface area (Å²) in [6.45, 7) is 2.86. The van der Waals surface area contributed by atoms with Gasteiger partial charge in [0.15, 0.2) is 0 Å². The van der Waals surface area contributed by atoms with Crippen molar-refractivity contribution in [2.24, 2.45) is 11.8 Å². The normalized spacial score (nSPS) is 25.0. The minimum Gasteiger partial charge on any atom is -0.363 e. The molecule has 2 aliphatic rings. The number of hydrogen-bond acceptors (Lipinski definition) is 2. The third-order valence-corrected chi connectivity index (χ3v) is 5.34. The molecular formula is C20H23N3O2. The van der Waals surface area contributed by atoms with Crippen LogP contribution < -0.4 is 5.32 Å². The first-order chi connectivity index (χ1) is 12.1. The van der Waals surface area contributed by atoms with E-state index in [0.29, 0.717) is 11.5 Å². The van der Waals surface area contributed by atoms with Crippen molar-refractivity contribution in [2.75, 3.05) is 11.9 Å². The Balaban J connectivity index is 1.44. The molecule has 0 unspecified atom stereocenters. The van der Waals surface area contributed by atoms with Gasteiger partial charge in [-0.3, -0.25) is 9.59 Å². The SMILES string of the molecule is C[C@@H]1C[C@@H]1C(=O)Nc1ccc(C(=O)N2CCC[C@@H]2c2ccc[nH]2)cc1. The molecule has 5 heteroatoms. The Labute approximate surface area is 147 Å². The molecule has 0 radical (unpaired) electrons. The van der Waals surface area contributed by atoms with Crippen LogP contribution in [0.15, 0.2) is 42.6 Å². The van der Waals surface area contributed by atoms with E-state index in [4.69, 9.17) is 0 Å². The maximum atomic E-state index is 12.9. The van der Waals surface area contributed by atoms with Gasteiger partial charge >= 0.3 is 0 Å². The average Bonchev–Trinajstić information content (AvgIpc) is 3.04. The van der Waals surface area contributed by atoms with E-state index in [1.165, 1.54) is 0 Å². The number of likely N-dealkylation sites (tertiary alicyclic amines) is 1. The maximum absolute atomic E-state index is 12.9. The summed E-state index contributed by atoms with van der Waals surface area (Å²) in [6.07, 6.45) is 4.87. The highest BCUT2D eigenvalue weighted by Gasteiger charge is 2.39. The number of aromatic amines is 1. The summed E-state index contributed by atoms with van der Waals surface area (Å²) in [7, 11) is 0. The molecule has 1 aromatic heterocycles. The summed E-state index contributed by atoms with van der Waals surface area (Å²) < 4.78 is 0. The Morgan fingerprint density at radius 1 is 1.20 bits per heavy atom. The Hall–Kier alpha value is -2.56. The second-order valence-electron chi connectivity index (χ2n) is 7.17. The number of H-pyrrole nitrogens is 1. The van der Waals surface area contributed by atoms with Gasteiger partial charge in [-0.25, -0.2) is 0 Å². The maximum Gasteiger partial charge on any atom is 0.254 e. The zero-order chi connectivity index (χ0) is 17.4. The van der Waals surface area contributed by atoms with E-state index < -0.39 is 0 Å². The van der Waals surface area contributed by atoms with Gasteiger partial charge in [-0.1, -0.05) is 6.92 Å². The summed E-state index contributed by atoms with van der Waals surface area (Å²) in [6, 6.07) is 11.4. The number of nitrogens with zero attached hydrogens (tertiary/aromatic N) is 1. The van der Waals surface area contributed by atoms with Gasteiger partial charge in [0.05, 0.1) is 6.04 Å². The van der Waals surface area contributed by atoms with Crippen LogP contribution in [0, 0.1) is 11.8 Å². The van der Waals surface area contributed by atoms with Gasteiger partial charge in [-0.2, -0.15) is 0 Å². The van der Waals surface area contributed by atoms with Gasteiger partial charge in [0.1, 0.15) is 0 Å². The lowest BCUT2D eigenvalue weighted by atomic mass is 10.1. The van der Waals surface area contributed by atoms with Gasteiger partial charge in [-0.15, -0.1) is 0 Å². The van der Waals surface area contributed by atoms with E-state index in [1.807, 2.05) is 35.4 Å². The van der Waals surface area contributed by atoms with Crippen LogP contribution in [0.5, 0.6) is 0 Å². The van der Waals surface area contributed by atoms with Crippen molar-refractivity contribution in [1.82, 2.24) is 9.88 Å². The van der Waals surface area contributed by atoms with E-state index in [9.17, 15) is 9.59 Å². The molecule has 0 spiro atoms. The lowest BCUT2D eigenvalue weighted by molar-refractivity contribution is -0.117. The lowest BCUT2D eigenvalue weighted by Gasteiger charge is -2.24. The Bertz CT molecular complexity index is 767. The fraction of sp³-hybridized carbons (Fsp3) is 0.400. The number of carbonyl (C=O) groups excluding carboxylic acids is 2. The van der Waals surface area contributed by atoms with Crippen LogP contribution in [0.25, 0.3) is 0 Å². The third kappa shape index (κ3) is 3.18. The van der Waals surface area contributed by atoms with Gasteiger partial charge in [0, 0.05) is 35.6 Å². The molecule has 2 fully saturated rings. The molecule has 1 aliphatic carbocycles. The molecule has 4 rings (SSSR count). The van der Waals surface area contributed by atoms with Crippen LogP contribution in [0.2, 0.25) is 0 Å². The molecule has 1 aromatic carbocycles. The minimum atomic E-state index is 0.0470. The van der Waals surface area contributed by atoms with Crippen LogP contribution in [0.3, 0.4) is 0 Å². The van der Waals surface area contributed by atoms with E-state index in [1.54, 1.807) is 12.1 Å². The van der Waals surface area contributed by atoms with Crippen molar-refractivity contribution in [3.8, 4) is 0 Å². The number of anilines is 1. The molecule has 130 valence electrons. The number of rotatable bonds is 4. The van der Waals surface area contributed by atoms with Crippen molar-refractivity contribution in [1.29, 1.82) is 0 Å². The monoisotopic (exact) mass is 337 g/mol. The fourth-order valence-corrected chi connectivity index (χ4v) is 3.67. The lowest BCUT2D eigenvalue weighted by Crippen LogP contribution is -2.30. The molecule has 2 amide bonds. The average molecular weight is 337 g/mol. The highest BCUT2D eigenvalue weighted by molar-refractivity contribution is 5.97. The summed E-state index contributed by atoms with van der Waals surface area (Å²) in [5.41, 5.74) is 2.51. The Morgan fingerprint density at radius 3 is 2.60 bits per heavy atom. The standard InChI is InChI=1S/C20H23N3O2/c1-13-12-16(13)19(24)22-15-8-6-14(7-9-15)20(25)23-11-3-5-18(23)17-4-2-10-21-17/h2,4,6-10,13,16,18,21H,3,5,11-12H2,1H3,(H,22,24)/t13-,16+,18-/m1/s1. The molecule has 5 nitrogen and oxygen atoms in total. The number of carbonyl (C=O) groups is 2. The van der Waals surface area contributed by atoms with E-state index in [-0.39, 0.29) is 23.8 Å². The number of benzene rings is 1. The smallest absolute Gasteiger partial charge is 0.254 e. The minimum absolute atomic E-state index is 0.0470. The van der Waals surface area contributed by atoms with Gasteiger partial charge in [0.25, 0.3) is 5.91 Å². The summed E-state index contributed by atoms with van der Waals surface area (Å²) >= 11 is 0. The topological polar surface area (TPSA) is 65.2 Å². The van der Waals surface area contributed by atoms with Gasteiger partial charge in [-0.05, 0) is 61.6 Å². The summed E-state index contributed by atoms with van der Waals surface area (Å²) in [5.74, 6) is 0.761. The molecule has 3 atom stereocenters. The fourth-order valence-electron chi connectivity index (χ4n) is 3.67. The molecule has 1 saturated heterocycles. The molecule has 2 aromatic rings. The van der Waals surface area contributed by atoms with E-state index >= 15 is 0 Å². The largest absolute Gasteiger partial charge is 0.363 e. The second kappa shape index (κ2) is 6.39. The molecule has 1 aliphatic heterocycles. The summed E-state index contributed by atoms with van der Waals surface area (Å²) in [4.78, 5) is 30.0. The van der Waals surface area contributed by atoms with Crippen molar-refractivity contribution in [2.45, 2.75) is 32.2 Å². The number of amides is 2. The Morgan fingerprint density at radius 2 is 1.96 bits per heavy atom. The highest BCUT2D eigenvalue weighted by atomic mass is 16.2. The van der Waals surface area contributed by atoms with Crippen LogP contribution >= 0.6 is 0 Å². The molecule has 2 heterocycles. The van der Waals surface area contributed by atoms with E-state index in [2.05, 4.69) is 17.2 Å². The van der Waals surface area contributed by atoms with E-state index in [0.717, 1.165) is 37.2 Å². The summed E-state index contributed by atoms with van der Waals surface area (Å²) in [5, 5.41) is 2.93. The van der Waals surface area contributed by atoms with Crippen molar-refractivity contribution >= 4 is 17.5 Å². The van der Waals surface area contributed by atoms with Crippen molar-refractivity contribution in [3.63, 3.8) is 0 Å². The van der Waals surface area contributed by atoms with Crippen LogP contribution in [0.1, 0.15) is 48.3 Å². The second-order valence-corrected chi connectivity index (χ2v) is 7.17. The highest BCUT2D eigenvalue weighted by Crippen LogP contribution is 2.38. The quantitative estimate of drug-likeness (QED) is 0.895. The first-order valence-electron chi connectivity index (χ1n) is 8.98. The zero-order valence-electron chi connectivity index (χ0n) is 14.4. The van der Waals surface area contributed by atoms with Crippen LogP contribution in [-0.2, 0) is 4.79 Å². The molecular weight excluding hydrogens is 314 g/mol. The molecule has 2 N–H and O–H groups in total. The van der Waals surface area contributed by atoms with Crippen LogP contribution in [-0.4, -0.2) is 28.2 Å². The first kappa shape index (κ1) is 15.9. The Kier molecular flexibility index (Phi) is 4.07. The van der Waals surface area contributed by atoms with Gasteiger partial charge in [0.2, 0.25) is 5.91 Å². The van der Waals surface area contributed by atoms with Crippen LogP contribution in [0.4, 0.5) is 5.69 Å². The molecule has 0 bridgehead atoms. The van der Waals surface area contributed by atoms with Gasteiger partial charge < -0.3 is 15.2 Å². The molecule has 25 heavy (non-hydrogen) atoms.